The molecule has 10 nitrogen and oxygen atoms in total. The summed E-state index contributed by atoms with van der Waals surface area (Å²) in [6.45, 7) is -0.262. The van der Waals surface area contributed by atoms with Gasteiger partial charge in [-0.15, -0.1) is 0 Å². The Kier molecular flexibility index (Phi) is 10.9. The zero-order valence-corrected chi connectivity index (χ0v) is 17.7. The van der Waals surface area contributed by atoms with Gasteiger partial charge in [0.05, 0.1) is 12.7 Å². The number of thiol groups is 2. The smallest absolute Gasteiger partial charge is 0.187 e. The predicted molar refractivity (Wildman–Crippen MR) is 107 cm³/mol. The van der Waals surface area contributed by atoms with Gasteiger partial charge in [0, 0.05) is 12.4 Å². The van der Waals surface area contributed by atoms with Gasteiger partial charge in [-0.3, -0.25) is 0 Å². The molecule has 0 aromatic heterocycles. The Bertz CT molecular complexity index is 471. The van der Waals surface area contributed by atoms with Gasteiger partial charge < -0.3 is 49.6 Å². The summed E-state index contributed by atoms with van der Waals surface area (Å²) in [5.74, 6) is 0.811. The normalized spacial score (nSPS) is 43.4. The lowest BCUT2D eigenvalue weighted by atomic mass is 9.97. The second-order valence-corrected chi connectivity index (χ2v) is 7.97. The molecule has 6 N–H and O–H groups in total. The Balaban J connectivity index is 1.98. The molecule has 172 valence electrons. The van der Waals surface area contributed by atoms with Crippen molar-refractivity contribution in [2.45, 2.75) is 80.7 Å². The highest BCUT2D eigenvalue weighted by Crippen LogP contribution is 2.29. The maximum absolute atomic E-state index is 10.5. The zero-order chi connectivity index (χ0) is 21.6. The standard InChI is InChI=1S/C17H32O10S2/c18-6-8-15(27-17-13(22)11(20)10(19)9(7-29)26-17)12(21)14(23)16(25-8)24-4-2-1-3-5-28/h8-23,28-29H,1-7H2/t8?,9?,10-,11?,12?,13-,14-,15-,16+,17-/m0/s1. The fourth-order valence-corrected chi connectivity index (χ4v) is 3.81. The summed E-state index contributed by atoms with van der Waals surface area (Å²) >= 11 is 8.15. The number of rotatable bonds is 10. The fraction of sp³-hybridized carbons (Fsp3) is 1.00. The molecule has 0 aromatic carbocycles. The van der Waals surface area contributed by atoms with Crippen molar-refractivity contribution < 1.29 is 49.6 Å². The van der Waals surface area contributed by atoms with Gasteiger partial charge in [0.1, 0.15) is 42.7 Å². The van der Waals surface area contributed by atoms with E-state index in [1.165, 1.54) is 0 Å². The molecule has 0 amide bonds. The summed E-state index contributed by atoms with van der Waals surface area (Å²) in [5.41, 5.74) is 0. The van der Waals surface area contributed by atoms with Crippen molar-refractivity contribution >= 4 is 25.3 Å². The van der Waals surface area contributed by atoms with E-state index in [-0.39, 0.29) is 5.75 Å². The summed E-state index contributed by atoms with van der Waals surface area (Å²) < 4.78 is 22.0. The summed E-state index contributed by atoms with van der Waals surface area (Å²) in [6, 6.07) is 0. The maximum Gasteiger partial charge on any atom is 0.187 e. The average Bonchev–Trinajstić information content (AvgIpc) is 2.72. The number of hydrogen-bond acceptors (Lipinski definition) is 12. The van der Waals surface area contributed by atoms with Crippen molar-refractivity contribution in [2.24, 2.45) is 0 Å². The fourth-order valence-electron chi connectivity index (χ4n) is 3.28. The minimum absolute atomic E-state index is 0.0454. The van der Waals surface area contributed by atoms with Crippen LogP contribution in [0.15, 0.2) is 0 Å². The maximum atomic E-state index is 10.5. The van der Waals surface area contributed by atoms with Crippen LogP contribution in [0.5, 0.6) is 0 Å². The Morgan fingerprint density at radius 3 is 2.00 bits per heavy atom. The van der Waals surface area contributed by atoms with Crippen LogP contribution in [0.25, 0.3) is 0 Å². The summed E-state index contributed by atoms with van der Waals surface area (Å²) in [6.07, 6.45) is -10.9. The molecular formula is C17H32O10S2. The molecule has 0 radical (unpaired) electrons. The van der Waals surface area contributed by atoms with E-state index in [9.17, 15) is 30.6 Å². The molecule has 2 fully saturated rings. The summed E-state index contributed by atoms with van der Waals surface area (Å²) in [4.78, 5) is 0. The van der Waals surface area contributed by atoms with Gasteiger partial charge in [0.25, 0.3) is 0 Å². The van der Waals surface area contributed by atoms with E-state index in [0.717, 1.165) is 25.0 Å². The van der Waals surface area contributed by atoms with Crippen LogP contribution >= 0.6 is 25.3 Å². The van der Waals surface area contributed by atoms with Crippen molar-refractivity contribution in [3.8, 4) is 0 Å². The minimum atomic E-state index is -1.62. The topological polar surface area (TPSA) is 158 Å². The molecule has 2 aliphatic heterocycles. The monoisotopic (exact) mass is 460 g/mol. The quantitative estimate of drug-likeness (QED) is 0.131. The van der Waals surface area contributed by atoms with E-state index >= 15 is 0 Å². The number of unbranched alkanes of at least 4 members (excludes halogenated alkanes) is 2. The molecule has 0 aliphatic carbocycles. The van der Waals surface area contributed by atoms with E-state index < -0.39 is 68.0 Å². The highest BCUT2D eigenvalue weighted by Gasteiger charge is 2.50. The van der Waals surface area contributed by atoms with Gasteiger partial charge in [-0.2, -0.15) is 25.3 Å². The molecule has 2 aliphatic rings. The van der Waals surface area contributed by atoms with E-state index in [4.69, 9.17) is 18.9 Å². The molecule has 10 atom stereocenters. The number of aliphatic hydroxyl groups excluding tert-OH is 6. The van der Waals surface area contributed by atoms with Crippen LogP contribution in [0.3, 0.4) is 0 Å². The van der Waals surface area contributed by atoms with Crippen LogP contribution < -0.4 is 0 Å². The van der Waals surface area contributed by atoms with Crippen molar-refractivity contribution in [1.82, 2.24) is 0 Å². The first-order chi connectivity index (χ1) is 13.8. The zero-order valence-electron chi connectivity index (χ0n) is 15.9. The summed E-state index contributed by atoms with van der Waals surface area (Å²) in [7, 11) is 0. The summed E-state index contributed by atoms with van der Waals surface area (Å²) in [5, 5.41) is 60.5. The van der Waals surface area contributed by atoms with Gasteiger partial charge in [-0.25, -0.2) is 0 Å². The minimum Gasteiger partial charge on any atom is -0.394 e. The van der Waals surface area contributed by atoms with Crippen molar-refractivity contribution in [1.29, 1.82) is 0 Å². The van der Waals surface area contributed by atoms with Crippen molar-refractivity contribution in [3.63, 3.8) is 0 Å². The van der Waals surface area contributed by atoms with Gasteiger partial charge in [-0.1, -0.05) is 6.42 Å². The van der Waals surface area contributed by atoms with E-state index in [0.29, 0.717) is 6.61 Å². The van der Waals surface area contributed by atoms with E-state index in [1.807, 2.05) is 0 Å². The first-order valence-corrected chi connectivity index (χ1v) is 10.9. The Labute approximate surface area is 180 Å². The lowest BCUT2D eigenvalue weighted by Crippen LogP contribution is -2.64. The van der Waals surface area contributed by atoms with Crippen molar-refractivity contribution in [3.05, 3.63) is 0 Å². The van der Waals surface area contributed by atoms with Crippen LogP contribution in [0, 0.1) is 0 Å². The number of ether oxygens (including phenoxy) is 4. The van der Waals surface area contributed by atoms with Crippen molar-refractivity contribution in [2.75, 3.05) is 24.7 Å². The molecule has 29 heavy (non-hydrogen) atoms. The van der Waals surface area contributed by atoms with Crippen LogP contribution in [0.1, 0.15) is 19.3 Å². The number of hydrogen-bond donors (Lipinski definition) is 8. The molecule has 0 spiro atoms. The van der Waals surface area contributed by atoms with E-state index in [2.05, 4.69) is 25.3 Å². The first-order valence-electron chi connectivity index (χ1n) is 9.66. The molecule has 0 aromatic rings. The van der Waals surface area contributed by atoms with Gasteiger partial charge in [0.2, 0.25) is 0 Å². The van der Waals surface area contributed by atoms with Gasteiger partial charge in [0.15, 0.2) is 12.6 Å². The van der Waals surface area contributed by atoms with Crippen LogP contribution in [-0.4, -0.2) is 117 Å². The third kappa shape index (κ3) is 6.40. The average molecular weight is 461 g/mol. The Hall–Kier alpha value is 0.300. The lowest BCUT2D eigenvalue weighted by molar-refractivity contribution is -0.356. The van der Waals surface area contributed by atoms with Crippen LogP contribution in [0.4, 0.5) is 0 Å². The molecule has 0 bridgehead atoms. The number of aliphatic hydroxyl groups is 6. The Morgan fingerprint density at radius 1 is 0.724 bits per heavy atom. The van der Waals surface area contributed by atoms with Gasteiger partial charge in [-0.05, 0) is 18.6 Å². The SMILES string of the molecule is OCC1O[C@@H](OCCCCCS)[C@@H](O)C(O)[C@H]1O[C@@H]1OC(CS)[C@H](O)C(O)[C@@H]1O. The third-order valence-electron chi connectivity index (χ3n) is 5.04. The third-order valence-corrected chi connectivity index (χ3v) is 5.72. The molecule has 2 heterocycles. The molecular weight excluding hydrogens is 428 g/mol. The molecule has 2 saturated heterocycles. The first kappa shape index (κ1) is 25.6. The van der Waals surface area contributed by atoms with Crippen LogP contribution in [0.2, 0.25) is 0 Å². The van der Waals surface area contributed by atoms with E-state index in [1.54, 1.807) is 0 Å². The Morgan fingerprint density at radius 2 is 1.38 bits per heavy atom. The molecule has 0 saturated carbocycles. The molecule has 12 heteroatoms. The van der Waals surface area contributed by atoms with Crippen LogP contribution in [-0.2, 0) is 18.9 Å². The predicted octanol–water partition coefficient (Wildman–Crippen LogP) is -2.34. The highest BCUT2D eigenvalue weighted by atomic mass is 32.1. The lowest BCUT2D eigenvalue weighted by Gasteiger charge is -2.46. The molecule has 4 unspecified atom stereocenters. The second kappa shape index (κ2) is 12.4. The highest BCUT2D eigenvalue weighted by molar-refractivity contribution is 7.80. The van der Waals surface area contributed by atoms with Gasteiger partial charge >= 0.3 is 0 Å². The molecule has 2 rings (SSSR count). The second-order valence-electron chi connectivity index (χ2n) is 7.16. The largest absolute Gasteiger partial charge is 0.394 e.